The van der Waals surface area contributed by atoms with E-state index in [0.29, 0.717) is 27.5 Å². The Balaban J connectivity index is 1.77. The number of hydrogen-bond acceptors (Lipinski definition) is 5. The second-order valence-electron chi connectivity index (χ2n) is 7.82. The number of nitro groups is 1. The molecule has 2 aromatic carbocycles. The number of urea groups is 1. The predicted molar refractivity (Wildman–Crippen MR) is 127 cm³/mol. The second-order valence-corrected chi connectivity index (χ2v) is 8.26. The van der Waals surface area contributed by atoms with Crippen LogP contribution in [0.3, 0.4) is 0 Å². The van der Waals surface area contributed by atoms with Crippen LogP contribution in [-0.4, -0.2) is 27.3 Å². The van der Waals surface area contributed by atoms with Crippen LogP contribution >= 0.6 is 11.6 Å². The van der Waals surface area contributed by atoms with Crippen molar-refractivity contribution >= 4 is 46.9 Å². The third-order valence-corrected chi connectivity index (χ3v) is 5.86. The maximum Gasteiger partial charge on any atom is 0.335 e. The summed E-state index contributed by atoms with van der Waals surface area (Å²) < 4.78 is 1.80. The molecule has 0 spiro atoms. The molecule has 1 aliphatic rings. The van der Waals surface area contributed by atoms with Gasteiger partial charge in [-0.1, -0.05) is 17.7 Å². The van der Waals surface area contributed by atoms with Crippen LogP contribution in [0, 0.1) is 30.9 Å². The molecular weight excluding hydrogens is 460 g/mol. The molecule has 172 valence electrons. The van der Waals surface area contributed by atoms with E-state index < -0.39 is 22.8 Å². The molecule has 0 radical (unpaired) electrons. The van der Waals surface area contributed by atoms with E-state index in [-0.39, 0.29) is 16.9 Å². The average molecular weight is 479 g/mol. The number of aromatic nitrogens is 1. The zero-order valence-electron chi connectivity index (χ0n) is 18.5. The standard InChI is InChI=1S/C24H19ClN4O5/c1-13-4-7-19(12-21(13)29(33)34)27-14(2)10-16(15(27)3)11-20-22(30)26-24(32)28(23(20)31)18-8-5-17(25)6-9-18/h4-12H,1-3H3,(H,26,30,32)/b20-11+. The molecule has 3 aromatic rings. The number of amides is 4. The molecule has 0 aliphatic carbocycles. The fraction of sp³-hybridized carbons (Fsp3) is 0.125. The number of nitrogens with zero attached hydrogens (tertiary/aromatic N) is 3. The Morgan fingerprint density at radius 1 is 0.971 bits per heavy atom. The summed E-state index contributed by atoms with van der Waals surface area (Å²) in [4.78, 5) is 49.8. The summed E-state index contributed by atoms with van der Waals surface area (Å²) >= 11 is 5.89. The minimum absolute atomic E-state index is 0.0103. The second kappa shape index (κ2) is 8.60. The summed E-state index contributed by atoms with van der Waals surface area (Å²) in [6.07, 6.45) is 1.41. The number of halogens is 1. The normalized spacial score (nSPS) is 15.1. The van der Waals surface area contributed by atoms with E-state index in [2.05, 4.69) is 5.32 Å². The molecule has 1 saturated heterocycles. The number of hydrogen-bond donors (Lipinski definition) is 1. The van der Waals surface area contributed by atoms with Crippen molar-refractivity contribution in [3.05, 3.63) is 91.8 Å². The van der Waals surface area contributed by atoms with Crippen LogP contribution in [0.25, 0.3) is 11.8 Å². The first kappa shape index (κ1) is 22.9. The summed E-state index contributed by atoms with van der Waals surface area (Å²) in [6, 6.07) is 11.9. The third kappa shape index (κ3) is 3.97. The molecule has 1 aliphatic heterocycles. The summed E-state index contributed by atoms with van der Waals surface area (Å²) in [5, 5.41) is 14.0. The molecule has 0 bridgehead atoms. The molecular formula is C24H19ClN4O5. The van der Waals surface area contributed by atoms with Gasteiger partial charge in [-0.2, -0.15) is 0 Å². The zero-order valence-corrected chi connectivity index (χ0v) is 19.2. The zero-order chi connectivity index (χ0) is 24.7. The van der Waals surface area contributed by atoms with Crippen molar-refractivity contribution in [1.82, 2.24) is 9.88 Å². The van der Waals surface area contributed by atoms with Gasteiger partial charge in [0.05, 0.1) is 16.3 Å². The van der Waals surface area contributed by atoms with Gasteiger partial charge in [0.2, 0.25) is 0 Å². The van der Waals surface area contributed by atoms with Crippen LogP contribution in [0.4, 0.5) is 16.2 Å². The summed E-state index contributed by atoms with van der Waals surface area (Å²) in [5.74, 6) is -1.58. The van der Waals surface area contributed by atoms with E-state index in [4.69, 9.17) is 11.6 Å². The number of aryl methyl sites for hydroxylation is 2. The largest absolute Gasteiger partial charge is 0.335 e. The molecule has 10 heteroatoms. The van der Waals surface area contributed by atoms with Crippen molar-refractivity contribution in [2.75, 3.05) is 4.90 Å². The highest BCUT2D eigenvalue weighted by Crippen LogP contribution is 2.29. The molecule has 9 nitrogen and oxygen atoms in total. The molecule has 4 rings (SSSR count). The molecule has 1 N–H and O–H groups in total. The van der Waals surface area contributed by atoms with Crippen LogP contribution in [0.5, 0.6) is 0 Å². The Bertz CT molecular complexity index is 1410. The molecule has 1 aromatic heterocycles. The summed E-state index contributed by atoms with van der Waals surface area (Å²) in [7, 11) is 0. The van der Waals surface area contributed by atoms with Crippen LogP contribution < -0.4 is 10.2 Å². The van der Waals surface area contributed by atoms with Crippen LogP contribution in [-0.2, 0) is 9.59 Å². The van der Waals surface area contributed by atoms with E-state index in [9.17, 15) is 24.5 Å². The number of carbonyl (C=O) groups is 3. The first-order valence-corrected chi connectivity index (χ1v) is 10.6. The lowest BCUT2D eigenvalue weighted by molar-refractivity contribution is -0.385. The maximum absolute atomic E-state index is 13.1. The monoisotopic (exact) mass is 478 g/mol. The minimum atomic E-state index is -0.855. The lowest BCUT2D eigenvalue weighted by Gasteiger charge is -2.26. The van der Waals surface area contributed by atoms with E-state index in [1.54, 1.807) is 36.6 Å². The topological polar surface area (TPSA) is 115 Å². The van der Waals surface area contributed by atoms with Gasteiger partial charge in [0, 0.05) is 28.0 Å². The molecule has 0 unspecified atom stereocenters. The number of benzene rings is 2. The quantitative estimate of drug-likeness (QED) is 0.254. The molecule has 0 atom stereocenters. The molecule has 4 amide bonds. The van der Waals surface area contributed by atoms with E-state index in [1.807, 2.05) is 6.92 Å². The van der Waals surface area contributed by atoms with Gasteiger partial charge in [0.25, 0.3) is 17.5 Å². The Morgan fingerprint density at radius 2 is 1.62 bits per heavy atom. The molecule has 1 fully saturated rings. The van der Waals surface area contributed by atoms with E-state index >= 15 is 0 Å². The highest BCUT2D eigenvalue weighted by molar-refractivity contribution is 6.39. The van der Waals surface area contributed by atoms with Gasteiger partial charge in [-0.3, -0.25) is 25.0 Å². The van der Waals surface area contributed by atoms with Crippen molar-refractivity contribution in [3.63, 3.8) is 0 Å². The van der Waals surface area contributed by atoms with Gasteiger partial charge in [0.15, 0.2) is 0 Å². The van der Waals surface area contributed by atoms with Crippen molar-refractivity contribution in [2.24, 2.45) is 0 Å². The number of rotatable bonds is 4. The van der Waals surface area contributed by atoms with Crippen molar-refractivity contribution in [3.8, 4) is 5.69 Å². The maximum atomic E-state index is 13.1. The number of nitro benzene ring substituents is 1. The minimum Gasteiger partial charge on any atom is -0.318 e. The van der Waals surface area contributed by atoms with E-state index in [0.717, 1.165) is 10.6 Å². The Kier molecular flexibility index (Phi) is 5.80. The fourth-order valence-electron chi connectivity index (χ4n) is 3.90. The third-order valence-electron chi connectivity index (χ3n) is 5.60. The first-order valence-electron chi connectivity index (χ1n) is 10.2. The van der Waals surface area contributed by atoms with Gasteiger partial charge >= 0.3 is 6.03 Å². The average Bonchev–Trinajstić information content (AvgIpc) is 3.05. The number of carbonyl (C=O) groups excluding carboxylic acids is 3. The highest BCUT2D eigenvalue weighted by atomic mass is 35.5. The molecule has 2 heterocycles. The van der Waals surface area contributed by atoms with Gasteiger partial charge in [-0.15, -0.1) is 0 Å². The van der Waals surface area contributed by atoms with E-state index in [1.165, 1.54) is 36.4 Å². The lowest BCUT2D eigenvalue weighted by atomic mass is 10.1. The van der Waals surface area contributed by atoms with Crippen molar-refractivity contribution < 1.29 is 19.3 Å². The SMILES string of the molecule is Cc1ccc(-n2c(C)cc(/C=C3\C(=O)NC(=O)N(c4ccc(Cl)cc4)C3=O)c2C)cc1[N+](=O)[O-]. The van der Waals surface area contributed by atoms with Gasteiger partial charge in [-0.25, -0.2) is 9.69 Å². The Hall–Kier alpha value is -4.24. The van der Waals surface area contributed by atoms with Crippen molar-refractivity contribution in [1.29, 1.82) is 0 Å². The molecule has 0 saturated carbocycles. The first-order chi connectivity index (χ1) is 16.1. The number of barbiturate groups is 1. The Labute approximate surface area is 199 Å². The van der Waals surface area contributed by atoms with Gasteiger partial charge in [-0.05, 0) is 68.8 Å². The number of nitrogens with one attached hydrogen (secondary N) is 1. The van der Waals surface area contributed by atoms with Crippen LogP contribution in [0.15, 0.2) is 54.1 Å². The predicted octanol–water partition coefficient (Wildman–Crippen LogP) is 4.63. The van der Waals surface area contributed by atoms with Crippen LogP contribution in [0.1, 0.15) is 22.5 Å². The van der Waals surface area contributed by atoms with Crippen LogP contribution in [0.2, 0.25) is 5.02 Å². The summed E-state index contributed by atoms with van der Waals surface area (Å²) in [6.45, 7) is 5.25. The number of anilines is 1. The summed E-state index contributed by atoms with van der Waals surface area (Å²) in [5.41, 5.74) is 3.13. The Morgan fingerprint density at radius 3 is 2.26 bits per heavy atom. The van der Waals surface area contributed by atoms with Crippen molar-refractivity contribution in [2.45, 2.75) is 20.8 Å². The smallest absolute Gasteiger partial charge is 0.318 e. The molecule has 34 heavy (non-hydrogen) atoms. The van der Waals surface area contributed by atoms with Gasteiger partial charge < -0.3 is 4.57 Å². The number of imide groups is 2. The van der Waals surface area contributed by atoms with Gasteiger partial charge in [0.1, 0.15) is 5.57 Å². The lowest BCUT2D eigenvalue weighted by Crippen LogP contribution is -2.54. The fourth-order valence-corrected chi connectivity index (χ4v) is 4.03. The highest BCUT2D eigenvalue weighted by Gasteiger charge is 2.37.